The first-order valence-corrected chi connectivity index (χ1v) is 8.42. The fraction of sp³-hybridized carbons (Fsp3) is 0.625. The van der Waals surface area contributed by atoms with E-state index in [2.05, 4.69) is 4.74 Å². The molecule has 0 saturated carbocycles. The second kappa shape index (κ2) is 8.57. The van der Waals surface area contributed by atoms with Crippen LogP contribution in [0.1, 0.15) is 18.1 Å². The first-order chi connectivity index (χ1) is 14.4. The monoisotopic (exact) mass is 538 g/mol. The van der Waals surface area contributed by atoms with Gasteiger partial charge in [-0.3, -0.25) is 0 Å². The van der Waals surface area contributed by atoms with Gasteiger partial charge in [0.05, 0.1) is 6.10 Å². The van der Waals surface area contributed by atoms with Crippen LogP contribution in [-0.4, -0.2) is 48.8 Å². The lowest BCUT2D eigenvalue weighted by Crippen LogP contribution is -2.72. The predicted molar refractivity (Wildman–Crippen MR) is 81.6 cm³/mol. The molecule has 0 aliphatic carbocycles. The van der Waals surface area contributed by atoms with Crippen molar-refractivity contribution >= 4 is 11.6 Å². The summed E-state index contributed by atoms with van der Waals surface area (Å²) in [5.74, 6) is -46.7. The summed E-state index contributed by atoms with van der Waals surface area (Å²) in [6.45, 7) is 0. The molecule has 1 aromatic carbocycles. The second-order valence-electron chi connectivity index (χ2n) is 6.52. The minimum absolute atomic E-state index is 0.475. The molecule has 0 aliphatic heterocycles. The number of halogens is 16. The highest BCUT2D eigenvalue weighted by molar-refractivity contribution is 6.31. The highest BCUT2D eigenvalue weighted by Gasteiger charge is 2.93. The van der Waals surface area contributed by atoms with Crippen molar-refractivity contribution in [2.24, 2.45) is 0 Å². The van der Waals surface area contributed by atoms with Crippen molar-refractivity contribution in [3.63, 3.8) is 0 Å². The predicted octanol–water partition coefficient (Wildman–Crippen LogP) is 7.79. The van der Waals surface area contributed by atoms with E-state index in [4.69, 9.17) is 11.6 Å². The van der Waals surface area contributed by atoms with Gasteiger partial charge in [0.25, 0.3) is 0 Å². The Balaban J connectivity index is 3.52. The van der Waals surface area contributed by atoms with E-state index in [-0.39, 0.29) is 0 Å². The Morgan fingerprint density at radius 3 is 1.45 bits per heavy atom. The first-order valence-electron chi connectivity index (χ1n) is 8.05. The molecule has 0 spiro atoms. The normalized spacial score (nSPS) is 16.2. The third-order valence-corrected chi connectivity index (χ3v) is 4.72. The van der Waals surface area contributed by atoms with Crippen LogP contribution in [0.4, 0.5) is 65.9 Å². The van der Waals surface area contributed by atoms with Gasteiger partial charge < -0.3 is 4.74 Å². The summed E-state index contributed by atoms with van der Waals surface area (Å²) in [5.41, 5.74) is -0.582. The lowest BCUT2D eigenvalue weighted by atomic mass is 9.88. The number of hydrogen-bond donors (Lipinski definition) is 0. The van der Waals surface area contributed by atoms with Gasteiger partial charge in [0.15, 0.2) is 0 Å². The van der Waals surface area contributed by atoms with Crippen LogP contribution < -0.4 is 0 Å². The van der Waals surface area contributed by atoms with E-state index in [1.165, 1.54) is 6.07 Å². The van der Waals surface area contributed by atoms with Crippen molar-refractivity contribution in [2.75, 3.05) is 7.11 Å². The van der Waals surface area contributed by atoms with Gasteiger partial charge in [0.1, 0.15) is 0 Å². The molecule has 0 amide bonds. The summed E-state index contributed by atoms with van der Waals surface area (Å²) in [7, 11) is 0.549. The van der Waals surface area contributed by atoms with Gasteiger partial charge in [-0.05, 0) is 11.6 Å². The standard InChI is InChI=1S/C16H10ClF15O/c1-33-9(7-4-2-3-5-8(7)17)6-10(18,19)11(20,21)12(22,23)13(24,25)14(26,27)15(28,29)16(30,31)32/h2-5,9H,6H2,1H3. The van der Waals surface area contributed by atoms with Crippen LogP contribution in [0.3, 0.4) is 0 Å². The quantitative estimate of drug-likeness (QED) is 0.292. The molecule has 1 unspecified atom stereocenters. The highest BCUT2D eigenvalue weighted by atomic mass is 35.5. The maximum atomic E-state index is 14.1. The average Bonchev–Trinajstić information content (AvgIpc) is 2.65. The molecule has 1 nitrogen and oxygen atoms in total. The zero-order valence-corrected chi connectivity index (χ0v) is 16.3. The third kappa shape index (κ3) is 4.44. The molecule has 0 radical (unpaired) electrons. The Hall–Kier alpha value is -1.58. The van der Waals surface area contributed by atoms with Crippen LogP contribution in [-0.2, 0) is 4.74 Å². The van der Waals surface area contributed by atoms with Crippen LogP contribution in [0.25, 0.3) is 0 Å². The van der Waals surface area contributed by atoms with E-state index < -0.39 is 64.8 Å². The summed E-state index contributed by atoms with van der Waals surface area (Å²) < 4.78 is 203. The topological polar surface area (TPSA) is 9.23 Å². The van der Waals surface area contributed by atoms with Crippen LogP contribution in [0.2, 0.25) is 5.02 Å². The molecule has 0 N–H and O–H groups in total. The zero-order valence-electron chi connectivity index (χ0n) is 15.5. The molecule has 192 valence electrons. The van der Waals surface area contributed by atoms with Gasteiger partial charge in [-0.25, -0.2) is 0 Å². The molecule has 33 heavy (non-hydrogen) atoms. The van der Waals surface area contributed by atoms with Crippen LogP contribution in [0.15, 0.2) is 24.3 Å². The maximum absolute atomic E-state index is 14.1. The van der Waals surface area contributed by atoms with Crippen LogP contribution >= 0.6 is 11.6 Å². The molecule has 1 aromatic rings. The molecule has 17 heteroatoms. The number of methoxy groups -OCH3 is 1. The van der Waals surface area contributed by atoms with Crippen molar-refractivity contribution in [1.82, 2.24) is 0 Å². The number of rotatable bonds is 9. The van der Waals surface area contributed by atoms with Crippen molar-refractivity contribution in [2.45, 2.75) is 54.2 Å². The summed E-state index contributed by atoms with van der Waals surface area (Å²) in [5, 5.41) is -0.475. The summed E-state index contributed by atoms with van der Waals surface area (Å²) in [6, 6.07) is 4.06. The minimum Gasteiger partial charge on any atom is -0.376 e. The number of alkyl halides is 15. The average molecular weight is 539 g/mol. The maximum Gasteiger partial charge on any atom is 0.460 e. The number of hydrogen-bond acceptors (Lipinski definition) is 1. The molecule has 0 aromatic heterocycles. The van der Waals surface area contributed by atoms with Crippen LogP contribution in [0.5, 0.6) is 0 Å². The fourth-order valence-electron chi connectivity index (χ4n) is 2.42. The number of benzene rings is 1. The highest BCUT2D eigenvalue weighted by Crippen LogP contribution is 2.63. The van der Waals surface area contributed by atoms with E-state index in [1.807, 2.05) is 0 Å². The van der Waals surface area contributed by atoms with E-state index in [9.17, 15) is 65.9 Å². The summed E-state index contributed by atoms with van der Waals surface area (Å²) in [4.78, 5) is 0. The van der Waals surface area contributed by atoms with Gasteiger partial charge in [0, 0.05) is 18.6 Å². The van der Waals surface area contributed by atoms with E-state index in [1.54, 1.807) is 0 Å². The van der Waals surface area contributed by atoms with Crippen molar-refractivity contribution in [1.29, 1.82) is 0 Å². The fourth-order valence-corrected chi connectivity index (χ4v) is 2.67. The lowest BCUT2D eigenvalue weighted by Gasteiger charge is -2.42. The molecular formula is C16H10ClF15O. The molecule has 0 bridgehead atoms. The smallest absolute Gasteiger partial charge is 0.376 e. The van der Waals surface area contributed by atoms with Gasteiger partial charge >= 0.3 is 41.7 Å². The van der Waals surface area contributed by atoms with Gasteiger partial charge in [-0.2, -0.15) is 65.9 Å². The Labute approximate surface area is 179 Å². The second-order valence-corrected chi connectivity index (χ2v) is 6.93. The van der Waals surface area contributed by atoms with Gasteiger partial charge in [-0.1, -0.05) is 29.8 Å². The van der Waals surface area contributed by atoms with Gasteiger partial charge in [0.2, 0.25) is 0 Å². The molecule has 0 saturated heterocycles. The van der Waals surface area contributed by atoms with Crippen molar-refractivity contribution in [3.05, 3.63) is 34.9 Å². The molecule has 0 fully saturated rings. The van der Waals surface area contributed by atoms with E-state index >= 15 is 0 Å². The molecular weight excluding hydrogens is 529 g/mol. The summed E-state index contributed by atoms with van der Waals surface area (Å²) in [6.07, 6.45) is -12.6. The SMILES string of the molecule is COC(CC(F)(F)C(F)(F)C(F)(F)C(F)(F)C(F)(F)C(F)(F)C(F)(F)F)c1ccccc1Cl. The first kappa shape index (κ1) is 29.5. The molecule has 1 atom stereocenters. The Bertz CT molecular complexity index is 833. The van der Waals surface area contributed by atoms with E-state index in [0.29, 0.717) is 7.11 Å². The molecule has 1 rings (SSSR count). The Morgan fingerprint density at radius 2 is 1.06 bits per heavy atom. The summed E-state index contributed by atoms with van der Waals surface area (Å²) >= 11 is 5.59. The zero-order chi connectivity index (χ0) is 26.5. The van der Waals surface area contributed by atoms with Crippen molar-refractivity contribution < 1.29 is 70.6 Å². The largest absolute Gasteiger partial charge is 0.460 e. The Kier molecular flexibility index (Phi) is 7.65. The Morgan fingerprint density at radius 1 is 0.667 bits per heavy atom. The molecule has 0 heterocycles. The van der Waals surface area contributed by atoms with E-state index in [0.717, 1.165) is 18.2 Å². The van der Waals surface area contributed by atoms with Crippen molar-refractivity contribution in [3.8, 4) is 0 Å². The number of ether oxygens (including phenoxy) is 1. The lowest BCUT2D eigenvalue weighted by molar-refractivity contribution is -0.453. The minimum atomic E-state index is -8.32. The van der Waals surface area contributed by atoms with Crippen LogP contribution in [0, 0.1) is 0 Å². The third-order valence-electron chi connectivity index (χ3n) is 4.37. The van der Waals surface area contributed by atoms with Gasteiger partial charge in [-0.15, -0.1) is 0 Å². The molecule has 0 aliphatic rings.